The molecule has 1 aliphatic rings. The maximum absolute atomic E-state index is 5.37. The first-order chi connectivity index (χ1) is 9.55. The highest BCUT2D eigenvalue weighted by Crippen LogP contribution is 2.22. The largest absolute Gasteiger partial charge is 0.379 e. The third kappa shape index (κ3) is 4.88. The predicted molar refractivity (Wildman–Crippen MR) is 83.1 cm³/mol. The standard InChI is InChI=1S/C17H28N2O/c1-17(2,3)15-7-8-18-16(14-15)6-4-5-9-19-10-12-20-13-11-19/h7-8,14H,4-6,9-13H2,1-3H3. The lowest BCUT2D eigenvalue weighted by atomic mass is 9.87. The number of unbranched alkanes of at least 4 members (excludes halogenated alkanes) is 1. The Bertz CT molecular complexity index is 406. The van der Waals surface area contributed by atoms with E-state index in [1.165, 1.54) is 30.6 Å². The van der Waals surface area contributed by atoms with Gasteiger partial charge in [-0.2, -0.15) is 0 Å². The van der Waals surface area contributed by atoms with Crippen LogP contribution >= 0.6 is 0 Å². The van der Waals surface area contributed by atoms with Crippen LogP contribution in [-0.2, 0) is 16.6 Å². The molecule has 1 aliphatic heterocycles. The SMILES string of the molecule is CC(C)(C)c1ccnc(CCCCN2CCOCC2)c1. The second kappa shape index (κ2) is 7.19. The van der Waals surface area contributed by atoms with E-state index in [0.717, 1.165) is 32.7 Å². The highest BCUT2D eigenvalue weighted by molar-refractivity contribution is 5.23. The second-order valence-electron chi connectivity index (χ2n) is 6.70. The molecule has 1 fully saturated rings. The van der Waals surface area contributed by atoms with Gasteiger partial charge in [0.05, 0.1) is 13.2 Å². The van der Waals surface area contributed by atoms with Gasteiger partial charge in [0.2, 0.25) is 0 Å². The topological polar surface area (TPSA) is 25.4 Å². The highest BCUT2D eigenvalue weighted by atomic mass is 16.5. The van der Waals surface area contributed by atoms with E-state index in [1.54, 1.807) is 0 Å². The minimum Gasteiger partial charge on any atom is -0.379 e. The fraction of sp³-hybridized carbons (Fsp3) is 0.706. The molecule has 0 aliphatic carbocycles. The Morgan fingerprint density at radius 1 is 1.20 bits per heavy atom. The molecule has 2 rings (SSSR count). The van der Waals surface area contributed by atoms with E-state index in [1.807, 2.05) is 6.20 Å². The van der Waals surface area contributed by atoms with Crippen LogP contribution in [0.15, 0.2) is 18.3 Å². The molecule has 3 heteroatoms. The van der Waals surface area contributed by atoms with Crippen molar-refractivity contribution in [1.82, 2.24) is 9.88 Å². The molecule has 112 valence electrons. The van der Waals surface area contributed by atoms with Gasteiger partial charge in [-0.05, 0) is 48.9 Å². The van der Waals surface area contributed by atoms with Crippen LogP contribution in [0.5, 0.6) is 0 Å². The number of pyridine rings is 1. The van der Waals surface area contributed by atoms with E-state index in [9.17, 15) is 0 Å². The molecule has 1 saturated heterocycles. The average Bonchev–Trinajstić information content (AvgIpc) is 2.44. The van der Waals surface area contributed by atoms with Crippen molar-refractivity contribution >= 4 is 0 Å². The molecule has 20 heavy (non-hydrogen) atoms. The zero-order valence-electron chi connectivity index (χ0n) is 13.2. The summed E-state index contributed by atoms with van der Waals surface area (Å²) >= 11 is 0. The van der Waals surface area contributed by atoms with Crippen molar-refractivity contribution < 1.29 is 4.74 Å². The Hall–Kier alpha value is -0.930. The molecule has 0 amide bonds. The van der Waals surface area contributed by atoms with Gasteiger partial charge in [-0.25, -0.2) is 0 Å². The summed E-state index contributed by atoms with van der Waals surface area (Å²) in [5.74, 6) is 0. The Kier molecular flexibility index (Phi) is 5.55. The van der Waals surface area contributed by atoms with Gasteiger partial charge in [0, 0.05) is 25.0 Å². The summed E-state index contributed by atoms with van der Waals surface area (Å²) < 4.78 is 5.37. The Labute approximate surface area is 123 Å². The normalized spacial score (nSPS) is 17.4. The van der Waals surface area contributed by atoms with E-state index in [2.05, 4.69) is 42.8 Å². The lowest BCUT2D eigenvalue weighted by molar-refractivity contribution is 0.0372. The minimum absolute atomic E-state index is 0.214. The average molecular weight is 276 g/mol. The van der Waals surface area contributed by atoms with Gasteiger partial charge < -0.3 is 4.74 Å². The first-order valence-corrected chi connectivity index (χ1v) is 7.81. The predicted octanol–water partition coefficient (Wildman–Crippen LogP) is 3.03. The van der Waals surface area contributed by atoms with E-state index in [4.69, 9.17) is 4.74 Å². The molecule has 0 spiro atoms. The number of aryl methyl sites for hydroxylation is 1. The van der Waals surface area contributed by atoms with Crippen LogP contribution in [0.25, 0.3) is 0 Å². The molecule has 0 N–H and O–H groups in total. The molecule has 0 saturated carbocycles. The molecule has 1 aromatic heterocycles. The maximum Gasteiger partial charge on any atom is 0.0594 e. The van der Waals surface area contributed by atoms with Crippen LogP contribution in [0.2, 0.25) is 0 Å². The Balaban J connectivity index is 1.73. The summed E-state index contributed by atoms with van der Waals surface area (Å²) in [5, 5.41) is 0. The third-order valence-electron chi connectivity index (χ3n) is 3.94. The zero-order chi connectivity index (χ0) is 14.4. The number of aromatic nitrogens is 1. The summed E-state index contributed by atoms with van der Waals surface area (Å²) in [5.41, 5.74) is 2.83. The molecule has 2 heterocycles. The van der Waals surface area contributed by atoms with Crippen molar-refractivity contribution in [2.75, 3.05) is 32.8 Å². The van der Waals surface area contributed by atoms with Gasteiger partial charge >= 0.3 is 0 Å². The van der Waals surface area contributed by atoms with Gasteiger partial charge in [-0.1, -0.05) is 20.8 Å². The fourth-order valence-electron chi connectivity index (χ4n) is 2.55. The van der Waals surface area contributed by atoms with Crippen LogP contribution in [0.1, 0.15) is 44.9 Å². The van der Waals surface area contributed by atoms with Gasteiger partial charge in [-0.3, -0.25) is 9.88 Å². The number of hydrogen-bond donors (Lipinski definition) is 0. The Morgan fingerprint density at radius 2 is 1.95 bits per heavy atom. The molecule has 1 aromatic rings. The zero-order valence-corrected chi connectivity index (χ0v) is 13.2. The van der Waals surface area contributed by atoms with Gasteiger partial charge in [0.1, 0.15) is 0 Å². The van der Waals surface area contributed by atoms with Crippen LogP contribution in [0.4, 0.5) is 0 Å². The van der Waals surface area contributed by atoms with Crippen molar-refractivity contribution in [3.05, 3.63) is 29.6 Å². The molecule has 0 aromatic carbocycles. The van der Waals surface area contributed by atoms with Crippen molar-refractivity contribution in [2.45, 2.75) is 45.4 Å². The lowest BCUT2D eigenvalue weighted by Gasteiger charge is -2.26. The summed E-state index contributed by atoms with van der Waals surface area (Å²) in [4.78, 5) is 7.01. The number of ether oxygens (including phenoxy) is 1. The second-order valence-corrected chi connectivity index (χ2v) is 6.70. The third-order valence-corrected chi connectivity index (χ3v) is 3.94. The van der Waals surface area contributed by atoms with Crippen molar-refractivity contribution in [1.29, 1.82) is 0 Å². The molecule has 0 bridgehead atoms. The first-order valence-electron chi connectivity index (χ1n) is 7.81. The quantitative estimate of drug-likeness (QED) is 0.773. The van der Waals surface area contributed by atoms with E-state index >= 15 is 0 Å². The van der Waals surface area contributed by atoms with Gasteiger partial charge in [0.25, 0.3) is 0 Å². The molecule has 0 unspecified atom stereocenters. The van der Waals surface area contributed by atoms with E-state index in [-0.39, 0.29) is 5.41 Å². The van der Waals surface area contributed by atoms with Crippen LogP contribution in [0.3, 0.4) is 0 Å². The molecular formula is C17H28N2O. The monoisotopic (exact) mass is 276 g/mol. The minimum atomic E-state index is 0.214. The van der Waals surface area contributed by atoms with E-state index in [0.29, 0.717) is 0 Å². The maximum atomic E-state index is 5.37. The van der Waals surface area contributed by atoms with Crippen LogP contribution in [0, 0.1) is 0 Å². The number of rotatable bonds is 5. The first kappa shape index (κ1) is 15.5. The smallest absolute Gasteiger partial charge is 0.0594 e. The number of nitrogens with zero attached hydrogens (tertiary/aromatic N) is 2. The highest BCUT2D eigenvalue weighted by Gasteiger charge is 2.14. The van der Waals surface area contributed by atoms with Crippen molar-refractivity contribution in [2.24, 2.45) is 0 Å². The fourth-order valence-corrected chi connectivity index (χ4v) is 2.55. The summed E-state index contributed by atoms with van der Waals surface area (Å²) in [6.07, 6.45) is 5.52. The Morgan fingerprint density at radius 3 is 2.65 bits per heavy atom. The molecular weight excluding hydrogens is 248 g/mol. The van der Waals surface area contributed by atoms with E-state index < -0.39 is 0 Å². The van der Waals surface area contributed by atoms with Crippen molar-refractivity contribution in [3.8, 4) is 0 Å². The summed E-state index contributed by atoms with van der Waals surface area (Å²) in [7, 11) is 0. The summed E-state index contributed by atoms with van der Waals surface area (Å²) in [6.45, 7) is 11.9. The number of hydrogen-bond acceptors (Lipinski definition) is 3. The number of morpholine rings is 1. The molecule has 0 radical (unpaired) electrons. The molecule has 0 atom stereocenters. The lowest BCUT2D eigenvalue weighted by Crippen LogP contribution is -2.36. The van der Waals surface area contributed by atoms with Gasteiger partial charge in [0.15, 0.2) is 0 Å². The van der Waals surface area contributed by atoms with Crippen molar-refractivity contribution in [3.63, 3.8) is 0 Å². The molecule has 3 nitrogen and oxygen atoms in total. The van der Waals surface area contributed by atoms with Crippen LogP contribution < -0.4 is 0 Å². The van der Waals surface area contributed by atoms with Crippen LogP contribution in [-0.4, -0.2) is 42.7 Å². The summed E-state index contributed by atoms with van der Waals surface area (Å²) in [6, 6.07) is 4.41. The van der Waals surface area contributed by atoms with Gasteiger partial charge in [-0.15, -0.1) is 0 Å².